The summed E-state index contributed by atoms with van der Waals surface area (Å²) in [6.07, 6.45) is 7.96. The molecule has 23 heavy (non-hydrogen) atoms. The summed E-state index contributed by atoms with van der Waals surface area (Å²) in [6, 6.07) is 0. The fourth-order valence-corrected chi connectivity index (χ4v) is 3.00. The lowest BCUT2D eigenvalue weighted by atomic mass is 10.2. The monoisotopic (exact) mass is 386 g/mol. The van der Waals surface area contributed by atoms with E-state index in [-0.39, 0.29) is 17.9 Å². The Morgan fingerprint density at radius 2 is 1.96 bits per heavy atom. The fourth-order valence-electron chi connectivity index (χ4n) is 2.61. The van der Waals surface area contributed by atoms with Crippen molar-refractivity contribution in [2.45, 2.75) is 51.5 Å². The molecule has 1 aliphatic heterocycles. The van der Waals surface area contributed by atoms with Gasteiger partial charge in [0.05, 0.1) is 6.61 Å². The molecule has 1 aromatic rings. The van der Waals surface area contributed by atoms with Gasteiger partial charge < -0.3 is 9.84 Å². The van der Waals surface area contributed by atoms with Gasteiger partial charge in [0.25, 0.3) is 5.56 Å². The van der Waals surface area contributed by atoms with Gasteiger partial charge in [0.2, 0.25) is 0 Å². The summed E-state index contributed by atoms with van der Waals surface area (Å²) in [5, 5.41) is 10.1. The van der Waals surface area contributed by atoms with E-state index in [0.717, 1.165) is 31.0 Å². The predicted octanol–water partition coefficient (Wildman–Crippen LogP) is 1.72. The van der Waals surface area contributed by atoms with Crippen LogP contribution in [0, 0.1) is 6.92 Å². The van der Waals surface area contributed by atoms with Crippen LogP contribution in [0.4, 0.5) is 0 Å². The Balaban J connectivity index is 2.17. The number of aromatic nitrogens is 2. The van der Waals surface area contributed by atoms with Crippen LogP contribution in [0.1, 0.15) is 37.5 Å². The number of halogens is 1. The van der Waals surface area contributed by atoms with Crippen LogP contribution in [0.15, 0.2) is 27.9 Å². The third-order valence-electron chi connectivity index (χ3n) is 3.89. The number of nitrogens with zero attached hydrogens (tertiary/aromatic N) is 2. The third kappa shape index (κ3) is 4.43. The number of alkyl halides is 1. The van der Waals surface area contributed by atoms with Crippen molar-refractivity contribution in [1.82, 2.24) is 9.13 Å². The summed E-state index contributed by atoms with van der Waals surface area (Å²) in [5.41, 5.74) is -0.101. The predicted molar refractivity (Wildman–Crippen MR) is 92.1 cm³/mol. The summed E-state index contributed by atoms with van der Waals surface area (Å²) in [5.74, 6) is 0. The minimum Gasteiger partial charge on any atom is -0.393 e. The second-order valence-corrected chi connectivity index (χ2v) is 6.49. The third-order valence-corrected chi connectivity index (χ3v) is 4.45. The number of unbranched alkanes of at least 4 members (excludes halogenated alkanes) is 3. The van der Waals surface area contributed by atoms with Crippen molar-refractivity contribution < 1.29 is 9.84 Å². The second kappa shape index (κ2) is 8.61. The number of hydrogen-bond donors (Lipinski definition) is 1. The number of aryl methyl sites for hydroxylation is 1. The molecule has 2 heterocycles. The Kier molecular flexibility index (Phi) is 6.80. The van der Waals surface area contributed by atoms with Gasteiger partial charge in [-0.1, -0.05) is 34.8 Å². The molecular weight excluding hydrogens is 364 g/mol. The van der Waals surface area contributed by atoms with Crippen molar-refractivity contribution in [3.63, 3.8) is 0 Å². The Morgan fingerprint density at radius 1 is 1.22 bits per heavy atom. The van der Waals surface area contributed by atoms with Gasteiger partial charge in [0.1, 0.15) is 6.10 Å². The summed E-state index contributed by atoms with van der Waals surface area (Å²) >= 11 is 3.39. The van der Waals surface area contributed by atoms with E-state index in [0.29, 0.717) is 12.1 Å². The van der Waals surface area contributed by atoms with Gasteiger partial charge in [0, 0.05) is 23.6 Å². The van der Waals surface area contributed by atoms with Gasteiger partial charge in [-0.25, -0.2) is 4.79 Å². The lowest BCUT2D eigenvalue weighted by molar-refractivity contribution is -0.0111. The highest BCUT2D eigenvalue weighted by molar-refractivity contribution is 9.09. The molecule has 0 fully saturated rings. The normalized spacial score (nSPS) is 20.3. The first kappa shape index (κ1) is 18.2. The molecule has 0 saturated heterocycles. The molecule has 0 radical (unpaired) electrons. The van der Waals surface area contributed by atoms with E-state index >= 15 is 0 Å². The number of rotatable bonds is 8. The van der Waals surface area contributed by atoms with Crippen LogP contribution in [-0.4, -0.2) is 32.3 Å². The molecule has 1 aliphatic rings. The number of ether oxygens (including phenoxy) is 1. The van der Waals surface area contributed by atoms with Crippen LogP contribution in [-0.2, 0) is 11.3 Å². The number of aliphatic hydroxyl groups excluding tert-OH is 1. The topological polar surface area (TPSA) is 73.5 Å². The molecule has 1 aromatic heterocycles. The quantitative estimate of drug-likeness (QED) is 0.419. The molecule has 1 N–H and O–H groups in total. The Labute approximate surface area is 143 Å². The van der Waals surface area contributed by atoms with E-state index in [1.807, 2.05) is 0 Å². The van der Waals surface area contributed by atoms with Crippen LogP contribution >= 0.6 is 15.9 Å². The maximum Gasteiger partial charge on any atom is 0.333 e. The molecule has 0 unspecified atom stereocenters. The minimum atomic E-state index is -0.571. The lowest BCUT2D eigenvalue weighted by Crippen LogP contribution is -2.42. The Bertz CT molecular complexity index is 665. The summed E-state index contributed by atoms with van der Waals surface area (Å²) < 4.78 is 8.27. The van der Waals surface area contributed by atoms with Gasteiger partial charge in [-0.15, -0.1) is 0 Å². The molecule has 6 nitrogen and oxygen atoms in total. The average molecular weight is 387 g/mol. The molecule has 7 heteroatoms. The van der Waals surface area contributed by atoms with Crippen molar-refractivity contribution in [2.75, 3.05) is 11.9 Å². The highest BCUT2D eigenvalue weighted by Gasteiger charge is 2.22. The summed E-state index contributed by atoms with van der Waals surface area (Å²) in [7, 11) is 0. The van der Waals surface area contributed by atoms with Gasteiger partial charge >= 0.3 is 5.69 Å². The first-order valence-electron chi connectivity index (χ1n) is 7.91. The van der Waals surface area contributed by atoms with Gasteiger partial charge in [-0.2, -0.15) is 0 Å². The first-order valence-corrected chi connectivity index (χ1v) is 9.03. The van der Waals surface area contributed by atoms with Gasteiger partial charge in [0.15, 0.2) is 6.23 Å². The van der Waals surface area contributed by atoms with Crippen LogP contribution in [0.25, 0.3) is 0 Å². The zero-order chi connectivity index (χ0) is 16.8. The Hall–Kier alpha value is -1.18. The van der Waals surface area contributed by atoms with Crippen LogP contribution in [0.2, 0.25) is 0 Å². The second-order valence-electron chi connectivity index (χ2n) is 5.69. The van der Waals surface area contributed by atoms with E-state index in [4.69, 9.17) is 9.84 Å². The first-order chi connectivity index (χ1) is 11.1. The maximum absolute atomic E-state index is 12.6. The van der Waals surface area contributed by atoms with Gasteiger partial charge in [-0.3, -0.25) is 13.9 Å². The van der Waals surface area contributed by atoms with Crippen molar-refractivity contribution in [3.8, 4) is 0 Å². The molecule has 2 rings (SSSR count). The molecule has 128 valence electrons. The lowest BCUT2D eigenvalue weighted by Gasteiger charge is -2.17. The van der Waals surface area contributed by atoms with E-state index in [2.05, 4.69) is 15.9 Å². The molecule has 0 saturated carbocycles. The van der Waals surface area contributed by atoms with Gasteiger partial charge in [-0.05, 0) is 25.8 Å². The molecule has 0 aliphatic carbocycles. The fraction of sp³-hybridized carbons (Fsp3) is 0.625. The SMILES string of the molecule is Cc1cn([C@H]2C=C[C@@H](CO)O2)c(=O)n(CCCCCCBr)c1=O. The molecule has 0 amide bonds. The van der Waals surface area contributed by atoms with Crippen LogP contribution in [0.5, 0.6) is 0 Å². The largest absolute Gasteiger partial charge is 0.393 e. The highest BCUT2D eigenvalue weighted by Crippen LogP contribution is 2.19. The molecule has 0 spiro atoms. The number of aliphatic hydroxyl groups is 1. The van der Waals surface area contributed by atoms with E-state index in [1.54, 1.807) is 19.1 Å². The average Bonchev–Trinajstić information content (AvgIpc) is 3.02. The molecule has 0 bridgehead atoms. The highest BCUT2D eigenvalue weighted by atomic mass is 79.9. The molecule has 0 aromatic carbocycles. The van der Waals surface area contributed by atoms with Crippen molar-refractivity contribution >= 4 is 15.9 Å². The smallest absolute Gasteiger partial charge is 0.333 e. The standard InChI is InChI=1S/C16H23BrN2O4/c1-12-10-19(14-7-6-13(11-20)23-14)16(22)18(15(12)21)9-5-3-2-4-8-17/h6-7,10,13-14,20H,2-5,8-9,11H2,1H3/t13-,14+/m0/s1. The number of hydrogen-bond acceptors (Lipinski definition) is 4. The summed E-state index contributed by atoms with van der Waals surface area (Å²) in [6.45, 7) is 1.98. The maximum atomic E-state index is 12.6. The molecular formula is C16H23BrN2O4. The molecule has 2 atom stereocenters. The zero-order valence-electron chi connectivity index (χ0n) is 13.3. The van der Waals surface area contributed by atoms with E-state index in [9.17, 15) is 9.59 Å². The van der Waals surface area contributed by atoms with Crippen molar-refractivity contribution in [1.29, 1.82) is 0 Å². The minimum absolute atomic E-state index is 0.131. The van der Waals surface area contributed by atoms with Crippen LogP contribution < -0.4 is 11.2 Å². The Morgan fingerprint density at radius 3 is 2.61 bits per heavy atom. The zero-order valence-corrected chi connectivity index (χ0v) is 14.9. The summed E-state index contributed by atoms with van der Waals surface area (Å²) in [4.78, 5) is 24.8. The van der Waals surface area contributed by atoms with Crippen LogP contribution in [0.3, 0.4) is 0 Å². The van der Waals surface area contributed by atoms with Crippen molar-refractivity contribution in [2.24, 2.45) is 0 Å². The van der Waals surface area contributed by atoms with Crippen molar-refractivity contribution in [3.05, 3.63) is 44.8 Å². The van der Waals surface area contributed by atoms with E-state index < -0.39 is 12.3 Å². The van der Waals surface area contributed by atoms with E-state index in [1.165, 1.54) is 15.3 Å².